The number of methoxy groups -OCH3 is 1. The zero-order valence-corrected chi connectivity index (χ0v) is 15.0. The number of amides is 1. The van der Waals surface area contributed by atoms with Crippen molar-refractivity contribution in [2.75, 3.05) is 12.4 Å². The first-order valence-electron chi connectivity index (χ1n) is 8.43. The molecule has 2 aromatic carbocycles. The van der Waals surface area contributed by atoms with Crippen LogP contribution < -0.4 is 15.8 Å². The van der Waals surface area contributed by atoms with E-state index in [1.54, 1.807) is 37.7 Å². The highest BCUT2D eigenvalue weighted by Crippen LogP contribution is 2.30. The molecule has 8 nitrogen and oxygen atoms in total. The van der Waals surface area contributed by atoms with Crippen molar-refractivity contribution < 1.29 is 9.53 Å². The largest absolute Gasteiger partial charge is 0.497 e. The number of primary amides is 1. The Morgan fingerprint density at radius 3 is 2.61 bits per heavy atom. The van der Waals surface area contributed by atoms with Crippen molar-refractivity contribution in [1.82, 2.24) is 19.9 Å². The molecule has 2 heterocycles. The van der Waals surface area contributed by atoms with Gasteiger partial charge in [-0.05, 0) is 30.3 Å². The lowest BCUT2D eigenvalue weighted by molar-refractivity contribution is 0.100. The van der Waals surface area contributed by atoms with E-state index in [1.807, 2.05) is 24.3 Å². The third kappa shape index (κ3) is 3.30. The normalized spacial score (nSPS) is 10.6. The fraction of sp³-hybridized carbons (Fsp3) is 0.0500. The van der Waals surface area contributed by atoms with Crippen LogP contribution in [0.5, 0.6) is 5.75 Å². The highest BCUT2D eigenvalue weighted by Gasteiger charge is 2.14. The Hall–Kier alpha value is -4.07. The second kappa shape index (κ2) is 7.28. The van der Waals surface area contributed by atoms with Gasteiger partial charge in [-0.15, -0.1) is 0 Å². The summed E-state index contributed by atoms with van der Waals surface area (Å²) in [5, 5.41) is 3.95. The van der Waals surface area contributed by atoms with Gasteiger partial charge in [-0.3, -0.25) is 4.79 Å². The van der Waals surface area contributed by atoms with E-state index in [0.29, 0.717) is 39.7 Å². The van der Waals surface area contributed by atoms with Gasteiger partial charge in [-0.2, -0.15) is 0 Å². The average Bonchev–Trinajstić information content (AvgIpc) is 2.74. The van der Waals surface area contributed by atoms with Crippen LogP contribution in [0.15, 0.2) is 61.2 Å². The number of nitrogens with one attached hydrogen (secondary N) is 1. The van der Waals surface area contributed by atoms with Crippen LogP contribution in [0.3, 0.4) is 0 Å². The molecule has 3 N–H and O–H groups in total. The van der Waals surface area contributed by atoms with E-state index in [9.17, 15) is 4.79 Å². The number of rotatable bonds is 5. The van der Waals surface area contributed by atoms with Crippen molar-refractivity contribution in [2.24, 2.45) is 5.73 Å². The minimum absolute atomic E-state index is 0.363. The predicted octanol–water partition coefficient (Wildman–Crippen LogP) is 2.94. The molecule has 0 saturated carbocycles. The van der Waals surface area contributed by atoms with Crippen LogP contribution in [0.25, 0.3) is 22.3 Å². The zero-order valence-electron chi connectivity index (χ0n) is 15.0. The number of aromatic nitrogens is 4. The van der Waals surface area contributed by atoms with Crippen molar-refractivity contribution in [3.8, 4) is 17.1 Å². The lowest BCUT2D eigenvalue weighted by atomic mass is 10.1. The molecule has 28 heavy (non-hydrogen) atoms. The molecule has 0 spiro atoms. The molecule has 138 valence electrons. The monoisotopic (exact) mass is 372 g/mol. The first kappa shape index (κ1) is 17.3. The lowest BCUT2D eigenvalue weighted by Crippen LogP contribution is -2.13. The van der Waals surface area contributed by atoms with Gasteiger partial charge >= 0.3 is 0 Å². The minimum Gasteiger partial charge on any atom is -0.497 e. The van der Waals surface area contributed by atoms with Crippen molar-refractivity contribution in [3.05, 3.63) is 66.7 Å². The second-order valence-corrected chi connectivity index (χ2v) is 5.94. The Labute approximate surface area is 160 Å². The van der Waals surface area contributed by atoms with Crippen molar-refractivity contribution >= 4 is 28.3 Å². The number of nitrogens with two attached hydrogens (primary N) is 1. The molecule has 0 bridgehead atoms. The first-order valence-corrected chi connectivity index (χ1v) is 8.43. The molecule has 4 aromatic rings. The van der Waals surface area contributed by atoms with Crippen LogP contribution in [0, 0.1) is 0 Å². The van der Waals surface area contributed by atoms with Gasteiger partial charge in [0.2, 0.25) is 0 Å². The van der Waals surface area contributed by atoms with E-state index < -0.39 is 5.91 Å². The number of fused-ring (bicyclic) bond motifs is 1. The highest BCUT2D eigenvalue weighted by atomic mass is 16.5. The van der Waals surface area contributed by atoms with Crippen LogP contribution in [-0.4, -0.2) is 33.0 Å². The third-order valence-corrected chi connectivity index (χ3v) is 4.17. The summed E-state index contributed by atoms with van der Waals surface area (Å²) >= 11 is 0. The van der Waals surface area contributed by atoms with Crippen LogP contribution in [-0.2, 0) is 0 Å². The van der Waals surface area contributed by atoms with Gasteiger partial charge in [-0.1, -0.05) is 12.1 Å². The van der Waals surface area contributed by atoms with E-state index in [2.05, 4.69) is 25.3 Å². The standard InChI is InChI=1S/C20H16N6O2/c1-28-13-6-7-17-15(8-13)20(25-16-5-3-2-4-14(16)18(21)27)26-19(24-17)12-9-22-11-23-10-12/h2-11H,1H3,(H2,21,27)(H,24,25,26). The summed E-state index contributed by atoms with van der Waals surface area (Å²) < 4.78 is 5.33. The molecule has 0 fully saturated rings. The maximum atomic E-state index is 11.8. The Balaban J connectivity index is 1.91. The predicted molar refractivity (Wildman–Crippen MR) is 105 cm³/mol. The molecular weight excluding hydrogens is 356 g/mol. The topological polar surface area (TPSA) is 116 Å². The number of nitrogens with zero attached hydrogens (tertiary/aromatic N) is 4. The molecule has 0 saturated heterocycles. The molecule has 0 radical (unpaired) electrons. The minimum atomic E-state index is -0.532. The van der Waals surface area contributed by atoms with Gasteiger partial charge in [0, 0.05) is 17.8 Å². The Kier molecular flexibility index (Phi) is 4.51. The summed E-state index contributed by atoms with van der Waals surface area (Å²) in [4.78, 5) is 29.1. The quantitative estimate of drug-likeness (QED) is 0.553. The number of benzene rings is 2. The fourth-order valence-corrected chi connectivity index (χ4v) is 2.81. The number of carbonyl (C=O) groups excluding carboxylic acids is 1. The Bertz CT molecular complexity index is 1160. The van der Waals surface area contributed by atoms with E-state index in [4.69, 9.17) is 10.5 Å². The molecule has 2 aromatic heterocycles. The lowest BCUT2D eigenvalue weighted by Gasteiger charge is -2.13. The van der Waals surface area contributed by atoms with E-state index in [0.717, 1.165) is 5.39 Å². The summed E-state index contributed by atoms with van der Waals surface area (Å²) in [6.45, 7) is 0. The van der Waals surface area contributed by atoms with Gasteiger partial charge in [0.15, 0.2) is 5.82 Å². The number of hydrogen-bond donors (Lipinski definition) is 2. The summed E-state index contributed by atoms with van der Waals surface area (Å²) in [6.07, 6.45) is 4.72. The molecule has 0 unspecified atom stereocenters. The Morgan fingerprint density at radius 2 is 1.86 bits per heavy atom. The third-order valence-electron chi connectivity index (χ3n) is 4.17. The van der Waals surface area contributed by atoms with Crippen LogP contribution in [0.4, 0.5) is 11.5 Å². The number of ether oxygens (including phenoxy) is 1. The van der Waals surface area contributed by atoms with Crippen LogP contribution in [0.2, 0.25) is 0 Å². The second-order valence-electron chi connectivity index (χ2n) is 5.94. The van der Waals surface area contributed by atoms with Gasteiger partial charge in [-0.25, -0.2) is 19.9 Å². The maximum absolute atomic E-state index is 11.8. The summed E-state index contributed by atoms with van der Waals surface area (Å²) in [6, 6.07) is 12.5. The van der Waals surface area contributed by atoms with Gasteiger partial charge in [0.25, 0.3) is 5.91 Å². The molecular formula is C20H16N6O2. The molecule has 0 aliphatic carbocycles. The maximum Gasteiger partial charge on any atom is 0.250 e. The molecule has 0 aliphatic rings. The number of para-hydroxylation sites is 1. The van der Waals surface area contributed by atoms with Crippen LogP contribution >= 0.6 is 0 Å². The SMILES string of the molecule is COc1ccc2nc(-c3cncnc3)nc(Nc3ccccc3C(N)=O)c2c1. The molecule has 0 atom stereocenters. The fourth-order valence-electron chi connectivity index (χ4n) is 2.81. The number of anilines is 2. The van der Waals surface area contributed by atoms with Gasteiger partial charge < -0.3 is 15.8 Å². The summed E-state index contributed by atoms with van der Waals surface area (Å²) in [5.74, 6) is 1.10. The smallest absolute Gasteiger partial charge is 0.250 e. The van der Waals surface area contributed by atoms with Crippen LogP contribution in [0.1, 0.15) is 10.4 Å². The summed E-state index contributed by atoms with van der Waals surface area (Å²) in [7, 11) is 1.59. The molecule has 8 heteroatoms. The van der Waals surface area contributed by atoms with Gasteiger partial charge in [0.1, 0.15) is 17.9 Å². The summed E-state index contributed by atoms with van der Waals surface area (Å²) in [5.41, 5.74) is 7.79. The Morgan fingerprint density at radius 1 is 1.07 bits per heavy atom. The number of hydrogen-bond acceptors (Lipinski definition) is 7. The average molecular weight is 372 g/mol. The highest BCUT2D eigenvalue weighted by molar-refractivity contribution is 6.01. The molecule has 1 amide bonds. The van der Waals surface area contributed by atoms with E-state index >= 15 is 0 Å². The molecule has 4 rings (SSSR count). The van der Waals surface area contributed by atoms with E-state index in [1.165, 1.54) is 6.33 Å². The number of carbonyl (C=O) groups is 1. The van der Waals surface area contributed by atoms with Gasteiger partial charge in [0.05, 0.1) is 29.4 Å². The van der Waals surface area contributed by atoms with Crippen molar-refractivity contribution in [1.29, 1.82) is 0 Å². The van der Waals surface area contributed by atoms with Crippen molar-refractivity contribution in [2.45, 2.75) is 0 Å². The zero-order chi connectivity index (χ0) is 19.5. The van der Waals surface area contributed by atoms with E-state index in [-0.39, 0.29) is 0 Å². The molecule has 0 aliphatic heterocycles. The van der Waals surface area contributed by atoms with Crippen molar-refractivity contribution in [3.63, 3.8) is 0 Å². The first-order chi connectivity index (χ1) is 13.7.